The van der Waals surface area contributed by atoms with Gasteiger partial charge in [0.15, 0.2) is 0 Å². The lowest BCUT2D eigenvalue weighted by Gasteiger charge is -2.36. The Morgan fingerprint density at radius 3 is 2.54 bits per heavy atom. The van der Waals surface area contributed by atoms with E-state index in [2.05, 4.69) is 13.0 Å². The quantitative estimate of drug-likeness (QED) is 0.274. The summed E-state index contributed by atoms with van der Waals surface area (Å²) in [7, 11) is 1.57. The van der Waals surface area contributed by atoms with Crippen LogP contribution in [0.3, 0.4) is 0 Å². The molecule has 0 bridgehead atoms. The molecule has 2 heterocycles. The number of amides is 2. The lowest BCUT2D eigenvalue weighted by atomic mass is 9.68. The number of likely N-dealkylation sites (tertiary alicyclic amines) is 1. The van der Waals surface area contributed by atoms with Crippen molar-refractivity contribution in [2.75, 3.05) is 20.3 Å². The number of allylic oxidation sites excluding steroid dienone is 1. The molecule has 0 unspecified atom stereocenters. The van der Waals surface area contributed by atoms with Gasteiger partial charge in [-0.15, -0.1) is 11.3 Å². The molecule has 1 fully saturated rings. The Balaban J connectivity index is 1.56. The van der Waals surface area contributed by atoms with Crippen LogP contribution in [0.4, 0.5) is 0 Å². The number of rotatable bonds is 11. The van der Waals surface area contributed by atoms with Crippen molar-refractivity contribution in [2.24, 2.45) is 17.8 Å². The Morgan fingerprint density at radius 2 is 1.95 bits per heavy atom. The Bertz CT molecular complexity index is 1240. The number of methoxy groups -OCH3 is 1. The summed E-state index contributed by atoms with van der Waals surface area (Å²) >= 11 is 1.50. The number of phenolic OH excluding ortho intramolecular Hbond substituents is 1. The number of aromatic hydroxyl groups is 1. The van der Waals surface area contributed by atoms with Crippen molar-refractivity contribution in [1.82, 2.24) is 4.90 Å². The number of thiophene rings is 1. The third-order valence-electron chi connectivity index (χ3n) is 8.12. The number of aliphatic hydroxyl groups is 2. The van der Waals surface area contributed by atoms with Crippen molar-refractivity contribution in [2.45, 2.75) is 59.1 Å². The molecule has 1 aliphatic heterocycles. The summed E-state index contributed by atoms with van der Waals surface area (Å²) in [5.41, 5.74) is 5.23. The molecule has 8 heteroatoms. The average molecular weight is 554 g/mol. The predicted molar refractivity (Wildman–Crippen MR) is 152 cm³/mol. The fourth-order valence-corrected chi connectivity index (χ4v) is 6.88. The fraction of sp³-hybridized carbons (Fsp3) is 0.484. The molecule has 2 aromatic rings. The molecule has 2 amide bonds. The number of carbonyl (C=O) groups is 2. The van der Waals surface area contributed by atoms with Crippen LogP contribution >= 0.6 is 11.3 Å². The van der Waals surface area contributed by atoms with E-state index >= 15 is 0 Å². The first-order valence-electron chi connectivity index (χ1n) is 13.6. The zero-order valence-corrected chi connectivity index (χ0v) is 24.0. The van der Waals surface area contributed by atoms with Gasteiger partial charge in [0.05, 0.1) is 37.7 Å². The van der Waals surface area contributed by atoms with E-state index in [4.69, 9.17) is 4.74 Å². The van der Waals surface area contributed by atoms with Gasteiger partial charge in [0.1, 0.15) is 5.75 Å². The summed E-state index contributed by atoms with van der Waals surface area (Å²) in [4.78, 5) is 29.1. The maximum atomic E-state index is 13.5. The average Bonchev–Trinajstić information content (AvgIpc) is 3.51. The second kappa shape index (κ2) is 12.6. The van der Waals surface area contributed by atoms with Gasteiger partial charge < -0.3 is 20.1 Å². The molecule has 210 valence electrons. The molecule has 39 heavy (non-hydrogen) atoms. The monoisotopic (exact) mass is 553 g/mol. The number of aliphatic hydroxyl groups excluding tert-OH is 2. The van der Waals surface area contributed by atoms with Gasteiger partial charge in [-0.2, -0.15) is 0 Å². The Hall–Kier alpha value is -2.78. The minimum Gasteiger partial charge on any atom is -0.507 e. The van der Waals surface area contributed by atoms with Crippen LogP contribution in [0.5, 0.6) is 5.75 Å². The third kappa shape index (κ3) is 6.04. The van der Waals surface area contributed by atoms with E-state index in [1.807, 2.05) is 43.5 Å². The lowest BCUT2D eigenvalue weighted by Crippen LogP contribution is -2.39. The van der Waals surface area contributed by atoms with Crippen LogP contribution in [0.25, 0.3) is 6.08 Å². The van der Waals surface area contributed by atoms with E-state index in [0.717, 1.165) is 39.1 Å². The van der Waals surface area contributed by atoms with Gasteiger partial charge in [0.25, 0.3) is 0 Å². The number of hydrogen-bond donors (Lipinski definition) is 3. The van der Waals surface area contributed by atoms with Crippen LogP contribution in [0.2, 0.25) is 0 Å². The van der Waals surface area contributed by atoms with Crippen LogP contribution in [-0.4, -0.2) is 58.5 Å². The molecule has 3 N–H and O–H groups in total. The summed E-state index contributed by atoms with van der Waals surface area (Å²) in [5, 5.41) is 34.0. The van der Waals surface area contributed by atoms with E-state index in [-0.39, 0.29) is 31.6 Å². The van der Waals surface area contributed by atoms with E-state index < -0.39 is 23.9 Å². The van der Waals surface area contributed by atoms with Crippen molar-refractivity contribution < 1.29 is 29.6 Å². The highest BCUT2D eigenvalue weighted by atomic mass is 32.1. The standard InChI is InChI=1S/C31H39NO6S/c1-5-20(13-21-11-18(2)29(35)19(3)12-21)8-9-26(34)27-22(17-38-4)14-24-28(25(27)16-33)31(37)32(30(24)36)15-23-7-6-10-39-23/h6-7,10-13,24-26,28,33-35H,5,8-9,14-17H2,1-4H3/b20-13+/t24-,25+,26-,28-/m1/s1. The van der Waals surface area contributed by atoms with E-state index in [0.29, 0.717) is 30.6 Å². The summed E-state index contributed by atoms with van der Waals surface area (Å²) < 4.78 is 5.44. The second-order valence-electron chi connectivity index (χ2n) is 10.7. The van der Waals surface area contributed by atoms with Crippen LogP contribution in [0.15, 0.2) is 46.4 Å². The van der Waals surface area contributed by atoms with Gasteiger partial charge in [0.2, 0.25) is 11.8 Å². The highest BCUT2D eigenvalue weighted by Gasteiger charge is 2.54. The van der Waals surface area contributed by atoms with E-state index in [9.17, 15) is 24.9 Å². The number of imide groups is 1. The molecule has 1 aliphatic carbocycles. The van der Waals surface area contributed by atoms with Crippen LogP contribution < -0.4 is 0 Å². The number of phenols is 1. The van der Waals surface area contributed by atoms with Crippen molar-refractivity contribution in [3.8, 4) is 5.75 Å². The van der Waals surface area contributed by atoms with Gasteiger partial charge >= 0.3 is 0 Å². The third-order valence-corrected chi connectivity index (χ3v) is 8.98. The molecule has 0 radical (unpaired) electrons. The summed E-state index contributed by atoms with van der Waals surface area (Å²) in [6, 6.07) is 7.69. The first kappa shape index (κ1) is 29.2. The maximum Gasteiger partial charge on any atom is 0.234 e. The number of nitrogens with zero attached hydrogens (tertiary/aromatic N) is 1. The van der Waals surface area contributed by atoms with Gasteiger partial charge in [-0.05, 0) is 90.9 Å². The highest BCUT2D eigenvalue weighted by molar-refractivity contribution is 7.09. The molecule has 4 atom stereocenters. The van der Waals surface area contributed by atoms with E-state index in [1.165, 1.54) is 16.2 Å². The Morgan fingerprint density at radius 1 is 1.23 bits per heavy atom. The van der Waals surface area contributed by atoms with Gasteiger partial charge in [-0.1, -0.05) is 24.6 Å². The van der Waals surface area contributed by atoms with Gasteiger partial charge in [-0.25, -0.2) is 0 Å². The van der Waals surface area contributed by atoms with Crippen molar-refractivity contribution in [3.63, 3.8) is 0 Å². The molecule has 1 aromatic heterocycles. The summed E-state index contributed by atoms with van der Waals surface area (Å²) in [6.07, 6.45) is 3.42. The zero-order valence-electron chi connectivity index (χ0n) is 23.1. The number of aryl methyl sites for hydroxylation is 2. The normalized spacial score (nSPS) is 22.6. The first-order chi connectivity index (χ1) is 18.7. The zero-order chi connectivity index (χ0) is 28.3. The predicted octanol–water partition coefficient (Wildman–Crippen LogP) is 4.76. The molecular formula is C31H39NO6S. The van der Waals surface area contributed by atoms with Crippen molar-refractivity contribution in [3.05, 3.63) is 67.9 Å². The number of benzene rings is 1. The second-order valence-corrected chi connectivity index (χ2v) is 11.7. The molecule has 2 aliphatic rings. The molecule has 4 rings (SSSR count). The summed E-state index contributed by atoms with van der Waals surface area (Å²) in [5.74, 6) is -2.05. The molecule has 1 saturated heterocycles. The fourth-order valence-electron chi connectivity index (χ4n) is 6.18. The highest BCUT2D eigenvalue weighted by Crippen LogP contribution is 2.46. The topological polar surface area (TPSA) is 107 Å². The maximum absolute atomic E-state index is 13.5. The van der Waals surface area contributed by atoms with Crippen LogP contribution in [-0.2, 0) is 20.9 Å². The first-order valence-corrected chi connectivity index (χ1v) is 14.4. The SMILES string of the molecule is CC/C(=C\c1cc(C)c(O)c(C)c1)CC[C@@H](O)C1=C(COC)C[C@H]2C(=O)N(Cc3cccs3)C(=O)[C@H]2[C@H]1CO. The number of carbonyl (C=O) groups excluding carboxylic acids is 2. The Kier molecular flexibility index (Phi) is 9.43. The molecule has 0 spiro atoms. The van der Waals surface area contributed by atoms with Gasteiger partial charge in [-0.3, -0.25) is 14.5 Å². The van der Waals surface area contributed by atoms with Crippen molar-refractivity contribution >= 4 is 29.2 Å². The smallest absolute Gasteiger partial charge is 0.234 e. The molecule has 0 saturated carbocycles. The largest absolute Gasteiger partial charge is 0.507 e. The molecular weight excluding hydrogens is 514 g/mol. The van der Waals surface area contributed by atoms with Crippen LogP contribution in [0, 0.1) is 31.6 Å². The number of ether oxygens (including phenoxy) is 1. The van der Waals surface area contributed by atoms with E-state index in [1.54, 1.807) is 7.11 Å². The van der Waals surface area contributed by atoms with Crippen molar-refractivity contribution in [1.29, 1.82) is 0 Å². The van der Waals surface area contributed by atoms with Gasteiger partial charge in [0, 0.05) is 17.9 Å². The van der Waals surface area contributed by atoms with Crippen LogP contribution in [0.1, 0.15) is 54.2 Å². The minimum absolute atomic E-state index is 0.213. The summed E-state index contributed by atoms with van der Waals surface area (Å²) in [6.45, 7) is 5.97. The molecule has 7 nitrogen and oxygen atoms in total. The lowest BCUT2D eigenvalue weighted by molar-refractivity contribution is -0.140. The number of fused-ring (bicyclic) bond motifs is 1. The number of hydrogen-bond acceptors (Lipinski definition) is 7. The molecule has 1 aromatic carbocycles. The minimum atomic E-state index is -0.874. The Labute approximate surface area is 234 Å².